The Hall–Kier alpha value is -2.88. The van der Waals surface area contributed by atoms with Gasteiger partial charge in [-0.2, -0.15) is 4.31 Å². The first-order valence-electron chi connectivity index (χ1n) is 9.42. The number of methoxy groups -OCH3 is 1. The van der Waals surface area contributed by atoms with Crippen molar-refractivity contribution in [1.82, 2.24) is 4.31 Å². The van der Waals surface area contributed by atoms with E-state index in [2.05, 4.69) is 5.32 Å². The topological polar surface area (TPSA) is 94.2 Å². The van der Waals surface area contributed by atoms with Crippen LogP contribution in [-0.4, -0.2) is 58.7 Å². The molecular weight excluding hydrogens is 408 g/mol. The molecule has 2 aromatic rings. The van der Waals surface area contributed by atoms with Crippen LogP contribution in [0.3, 0.4) is 0 Å². The summed E-state index contributed by atoms with van der Waals surface area (Å²) in [5, 5.41) is 2.66. The van der Waals surface area contributed by atoms with Crippen molar-refractivity contribution in [2.24, 2.45) is 0 Å². The maximum Gasteiger partial charge on any atom is 0.248 e. The van der Waals surface area contributed by atoms with Crippen molar-refractivity contribution in [2.75, 3.05) is 45.3 Å². The summed E-state index contributed by atoms with van der Waals surface area (Å²) in [5.41, 5.74) is 0.348. The summed E-state index contributed by atoms with van der Waals surface area (Å²) in [6.45, 7) is 1.46. The quantitative estimate of drug-likeness (QED) is 0.644. The van der Waals surface area contributed by atoms with Crippen LogP contribution in [0.1, 0.15) is 0 Å². The van der Waals surface area contributed by atoms with Crippen molar-refractivity contribution in [3.63, 3.8) is 0 Å². The van der Waals surface area contributed by atoms with Crippen molar-refractivity contribution >= 4 is 21.6 Å². The van der Waals surface area contributed by atoms with Crippen LogP contribution < -0.4 is 14.8 Å². The number of benzene rings is 2. The molecule has 9 heteroatoms. The number of nitrogens with one attached hydrogen (secondary N) is 1. The van der Waals surface area contributed by atoms with Gasteiger partial charge in [0.1, 0.15) is 23.0 Å². The van der Waals surface area contributed by atoms with Crippen LogP contribution in [0.2, 0.25) is 0 Å². The molecule has 8 nitrogen and oxygen atoms in total. The Kier molecular flexibility index (Phi) is 7.45. The molecule has 3 rings (SSSR count). The fourth-order valence-electron chi connectivity index (χ4n) is 2.88. The van der Waals surface area contributed by atoms with Crippen LogP contribution in [0.25, 0.3) is 0 Å². The van der Waals surface area contributed by atoms with Crippen LogP contribution in [0.5, 0.6) is 11.5 Å². The van der Waals surface area contributed by atoms with Gasteiger partial charge in [0.25, 0.3) is 0 Å². The van der Waals surface area contributed by atoms with E-state index in [1.54, 1.807) is 12.1 Å². The predicted molar refractivity (Wildman–Crippen MR) is 112 cm³/mol. The van der Waals surface area contributed by atoms with Gasteiger partial charge in [-0.1, -0.05) is 18.2 Å². The highest BCUT2D eigenvalue weighted by Gasteiger charge is 2.29. The molecule has 0 spiro atoms. The summed E-state index contributed by atoms with van der Waals surface area (Å²) in [6, 6.07) is 13.8. The number of morpholine rings is 1. The fraction of sp³-hybridized carbons (Fsp3) is 0.286. The number of hydrogen-bond acceptors (Lipinski definition) is 6. The molecule has 1 amide bonds. The first-order chi connectivity index (χ1) is 14.5. The number of anilines is 1. The highest BCUT2D eigenvalue weighted by Crippen LogP contribution is 2.30. The molecule has 0 radical (unpaired) electrons. The minimum absolute atomic E-state index is 0.00101. The number of rotatable bonds is 8. The SMILES string of the molecule is COc1ccc(NC(=O)/C=C/COc2ccccc2)cc1S(=O)(=O)N1CCOCC1. The zero-order valence-electron chi connectivity index (χ0n) is 16.6. The average Bonchev–Trinajstić information content (AvgIpc) is 2.78. The van der Waals surface area contributed by atoms with Crippen molar-refractivity contribution in [3.8, 4) is 11.5 Å². The molecule has 1 heterocycles. The Labute approximate surface area is 176 Å². The van der Waals surface area contributed by atoms with Crippen LogP contribution in [0.4, 0.5) is 5.69 Å². The first-order valence-corrected chi connectivity index (χ1v) is 10.9. The highest BCUT2D eigenvalue weighted by molar-refractivity contribution is 7.89. The lowest BCUT2D eigenvalue weighted by atomic mass is 10.3. The maximum absolute atomic E-state index is 13.0. The standard InChI is InChI=1S/C21H24N2O6S/c1-27-19-10-9-17(16-20(19)30(25,26)23-11-14-28-15-12-23)22-21(24)8-5-13-29-18-6-3-2-4-7-18/h2-10,16H,11-15H2,1H3,(H,22,24)/b8-5+. The normalized spacial score (nSPS) is 15.1. The lowest BCUT2D eigenvalue weighted by molar-refractivity contribution is -0.111. The number of hydrogen-bond donors (Lipinski definition) is 1. The Balaban J connectivity index is 1.66. The molecule has 1 aliphatic rings. The minimum Gasteiger partial charge on any atom is -0.495 e. The van der Waals surface area contributed by atoms with E-state index in [1.165, 1.54) is 29.6 Å². The monoisotopic (exact) mass is 432 g/mol. The van der Waals surface area contributed by atoms with Crippen LogP contribution in [-0.2, 0) is 19.6 Å². The van der Waals surface area contributed by atoms with Gasteiger partial charge in [0.15, 0.2) is 0 Å². The molecule has 0 bridgehead atoms. The van der Waals surface area contributed by atoms with Crippen LogP contribution in [0, 0.1) is 0 Å². The largest absolute Gasteiger partial charge is 0.495 e. The molecule has 0 saturated carbocycles. The van der Waals surface area contributed by atoms with Crippen LogP contribution >= 0.6 is 0 Å². The molecule has 0 aromatic heterocycles. The zero-order chi connectivity index (χ0) is 21.4. The maximum atomic E-state index is 13.0. The number of para-hydroxylation sites is 1. The number of amides is 1. The summed E-state index contributed by atoms with van der Waals surface area (Å²) in [4.78, 5) is 12.2. The number of sulfonamides is 1. The molecule has 2 aromatic carbocycles. The van der Waals surface area contributed by atoms with E-state index < -0.39 is 15.9 Å². The second-order valence-corrected chi connectivity index (χ2v) is 8.30. The highest BCUT2D eigenvalue weighted by atomic mass is 32.2. The summed E-state index contributed by atoms with van der Waals surface area (Å²) < 4.78 is 43.3. The fourth-order valence-corrected chi connectivity index (χ4v) is 4.47. The second kappa shape index (κ2) is 10.2. The Morgan fingerprint density at radius 1 is 1.17 bits per heavy atom. The van der Waals surface area contributed by atoms with E-state index in [0.29, 0.717) is 24.7 Å². The van der Waals surface area contributed by atoms with Crippen molar-refractivity contribution < 1.29 is 27.4 Å². The first kappa shape index (κ1) is 21.8. The van der Waals surface area contributed by atoms with Gasteiger partial charge in [0, 0.05) is 24.9 Å². The Bertz CT molecular complexity index is 986. The number of carbonyl (C=O) groups excluding carboxylic acids is 1. The zero-order valence-corrected chi connectivity index (χ0v) is 17.4. The molecule has 0 aliphatic carbocycles. The third kappa shape index (κ3) is 5.59. The van der Waals surface area contributed by atoms with Crippen molar-refractivity contribution in [1.29, 1.82) is 0 Å². The van der Waals surface area contributed by atoms with E-state index in [4.69, 9.17) is 14.2 Å². The predicted octanol–water partition coefficient (Wildman–Crippen LogP) is 2.29. The third-order valence-electron chi connectivity index (χ3n) is 4.38. The van der Waals surface area contributed by atoms with Gasteiger partial charge in [0.2, 0.25) is 15.9 Å². The molecule has 0 unspecified atom stereocenters. The molecule has 1 fully saturated rings. The van der Waals surface area contributed by atoms with Gasteiger partial charge < -0.3 is 19.5 Å². The second-order valence-electron chi connectivity index (χ2n) is 6.40. The third-order valence-corrected chi connectivity index (χ3v) is 6.30. The van der Waals surface area contributed by atoms with Gasteiger partial charge in [0.05, 0.1) is 20.3 Å². The molecule has 160 valence electrons. The molecular formula is C21H24N2O6S. The van der Waals surface area contributed by atoms with Gasteiger partial charge >= 0.3 is 0 Å². The number of nitrogens with zero attached hydrogens (tertiary/aromatic N) is 1. The van der Waals surface area contributed by atoms with Crippen LogP contribution in [0.15, 0.2) is 65.6 Å². The Morgan fingerprint density at radius 3 is 2.60 bits per heavy atom. The van der Waals surface area contributed by atoms with E-state index >= 15 is 0 Å². The van der Waals surface area contributed by atoms with Gasteiger partial charge in [-0.25, -0.2) is 8.42 Å². The van der Waals surface area contributed by atoms with Gasteiger partial charge in [-0.3, -0.25) is 4.79 Å². The van der Waals surface area contributed by atoms with E-state index in [1.807, 2.05) is 30.3 Å². The van der Waals surface area contributed by atoms with Crippen molar-refractivity contribution in [2.45, 2.75) is 4.90 Å². The minimum atomic E-state index is -3.78. The molecule has 1 saturated heterocycles. The molecule has 1 aliphatic heterocycles. The number of ether oxygens (including phenoxy) is 3. The summed E-state index contributed by atoms with van der Waals surface area (Å²) in [5.74, 6) is 0.522. The van der Waals surface area contributed by atoms with Gasteiger partial charge in [-0.15, -0.1) is 0 Å². The lowest BCUT2D eigenvalue weighted by Gasteiger charge is -2.26. The van der Waals surface area contributed by atoms with Gasteiger partial charge in [-0.05, 0) is 36.4 Å². The van der Waals surface area contributed by atoms with E-state index in [0.717, 1.165) is 0 Å². The average molecular weight is 432 g/mol. The van der Waals surface area contributed by atoms with E-state index in [9.17, 15) is 13.2 Å². The summed E-state index contributed by atoms with van der Waals surface area (Å²) in [7, 11) is -2.37. The molecule has 30 heavy (non-hydrogen) atoms. The van der Waals surface area contributed by atoms with E-state index in [-0.39, 0.29) is 30.3 Å². The smallest absolute Gasteiger partial charge is 0.248 e. The summed E-state index contributed by atoms with van der Waals surface area (Å²) >= 11 is 0. The number of carbonyl (C=O) groups is 1. The van der Waals surface area contributed by atoms with Crippen molar-refractivity contribution in [3.05, 3.63) is 60.7 Å². The summed E-state index contributed by atoms with van der Waals surface area (Å²) in [6.07, 6.45) is 2.92. The molecule has 1 N–H and O–H groups in total. The Morgan fingerprint density at radius 2 is 1.90 bits per heavy atom. The molecule has 0 atom stereocenters. The lowest BCUT2D eigenvalue weighted by Crippen LogP contribution is -2.40.